The average molecular weight is 385 g/mol. The largest absolute Gasteiger partial charge is 0.431 e. The molecular formula is C20H23N3O3S. The Morgan fingerprint density at radius 1 is 1.22 bits per heavy atom. The van der Waals surface area contributed by atoms with Gasteiger partial charge in [0.25, 0.3) is 11.1 Å². The van der Waals surface area contributed by atoms with Crippen LogP contribution in [0.4, 0.5) is 0 Å². The number of thiazole rings is 1. The number of hydrogen-bond acceptors (Lipinski definition) is 6. The highest BCUT2D eigenvalue weighted by Gasteiger charge is 2.40. The van der Waals surface area contributed by atoms with E-state index in [0.29, 0.717) is 34.2 Å². The molecule has 0 radical (unpaired) electrons. The first kappa shape index (κ1) is 18.1. The summed E-state index contributed by atoms with van der Waals surface area (Å²) >= 11 is 1.28. The second-order valence-corrected chi connectivity index (χ2v) is 8.12. The van der Waals surface area contributed by atoms with E-state index in [1.165, 1.54) is 18.3 Å². The molecule has 0 saturated carbocycles. The molecule has 1 aromatic carbocycles. The number of nitrogens with zero attached hydrogens (tertiary/aromatic N) is 2. The summed E-state index contributed by atoms with van der Waals surface area (Å²) < 4.78 is 5.67. The highest BCUT2D eigenvalue weighted by atomic mass is 32.1. The fourth-order valence-corrected chi connectivity index (χ4v) is 4.75. The molecule has 2 unspecified atom stereocenters. The van der Waals surface area contributed by atoms with Crippen molar-refractivity contribution in [1.82, 2.24) is 15.2 Å². The number of ether oxygens (including phenoxy) is 1. The van der Waals surface area contributed by atoms with Crippen molar-refractivity contribution in [2.75, 3.05) is 13.1 Å². The van der Waals surface area contributed by atoms with Crippen molar-refractivity contribution in [3.8, 4) is 10.9 Å². The summed E-state index contributed by atoms with van der Waals surface area (Å²) in [6, 6.07) is 7.64. The summed E-state index contributed by atoms with van der Waals surface area (Å²) in [5, 5.41) is 5.32. The molecule has 3 aliphatic rings. The van der Waals surface area contributed by atoms with E-state index in [-0.39, 0.29) is 17.7 Å². The van der Waals surface area contributed by atoms with Gasteiger partial charge in [-0.05, 0) is 63.0 Å². The standard InChI is InChI=1S/C20H23N3O3S/c1-12-18(14-7-9-23(12)10-8-14)22-19(25)15-3-5-16(6-4-15)26-20-21-17(11-27-20)13(2)24/h3-6,11-12,14,18H,7-10H2,1-2H3,(H,22,25). The van der Waals surface area contributed by atoms with Gasteiger partial charge in [-0.1, -0.05) is 11.3 Å². The van der Waals surface area contributed by atoms with E-state index >= 15 is 0 Å². The van der Waals surface area contributed by atoms with Crippen molar-refractivity contribution in [3.63, 3.8) is 0 Å². The Labute approximate surface area is 162 Å². The minimum absolute atomic E-state index is 0.0414. The first-order chi connectivity index (χ1) is 13.0. The molecule has 0 aliphatic carbocycles. The van der Waals surface area contributed by atoms with E-state index in [1.54, 1.807) is 29.6 Å². The highest BCUT2D eigenvalue weighted by molar-refractivity contribution is 7.11. The van der Waals surface area contributed by atoms with E-state index in [4.69, 9.17) is 4.74 Å². The molecule has 5 rings (SSSR count). The van der Waals surface area contributed by atoms with Crippen LogP contribution >= 0.6 is 11.3 Å². The molecule has 2 bridgehead atoms. The van der Waals surface area contributed by atoms with Gasteiger partial charge in [-0.3, -0.25) is 14.5 Å². The minimum atomic E-state index is -0.0879. The first-order valence-electron chi connectivity index (χ1n) is 9.30. The molecule has 1 aromatic heterocycles. The molecule has 3 saturated heterocycles. The van der Waals surface area contributed by atoms with Crippen molar-refractivity contribution >= 4 is 23.0 Å². The van der Waals surface area contributed by atoms with Gasteiger partial charge >= 0.3 is 0 Å². The van der Waals surface area contributed by atoms with Crippen LogP contribution in [0.2, 0.25) is 0 Å². The van der Waals surface area contributed by atoms with Gasteiger partial charge in [0.15, 0.2) is 5.78 Å². The second kappa shape index (κ2) is 7.40. The molecule has 3 fully saturated rings. The van der Waals surface area contributed by atoms with Gasteiger partial charge < -0.3 is 10.1 Å². The number of carbonyl (C=O) groups excluding carboxylic acids is 2. The number of nitrogens with one attached hydrogen (secondary N) is 1. The highest BCUT2D eigenvalue weighted by Crippen LogP contribution is 2.32. The van der Waals surface area contributed by atoms with E-state index in [0.717, 1.165) is 25.9 Å². The molecule has 4 heterocycles. The zero-order chi connectivity index (χ0) is 19.0. The Bertz CT molecular complexity index is 838. The normalized spacial score (nSPS) is 26.6. The lowest BCUT2D eigenvalue weighted by Gasteiger charge is -2.49. The molecule has 2 atom stereocenters. The zero-order valence-electron chi connectivity index (χ0n) is 15.5. The maximum absolute atomic E-state index is 12.7. The summed E-state index contributed by atoms with van der Waals surface area (Å²) in [5.74, 6) is 1.04. The molecule has 7 heteroatoms. The lowest BCUT2D eigenvalue weighted by atomic mass is 9.79. The van der Waals surface area contributed by atoms with Crippen molar-refractivity contribution in [3.05, 3.63) is 40.9 Å². The first-order valence-corrected chi connectivity index (χ1v) is 10.2. The number of ketones is 1. The summed E-state index contributed by atoms with van der Waals surface area (Å²) in [5.41, 5.74) is 1.02. The van der Waals surface area contributed by atoms with Crippen molar-refractivity contribution < 1.29 is 14.3 Å². The third-order valence-electron chi connectivity index (χ3n) is 5.64. The molecule has 1 N–H and O–H groups in total. The predicted molar refractivity (Wildman–Crippen MR) is 104 cm³/mol. The van der Waals surface area contributed by atoms with Gasteiger partial charge in [0.2, 0.25) is 0 Å². The summed E-state index contributed by atoms with van der Waals surface area (Å²) in [6.45, 7) is 5.97. The summed E-state index contributed by atoms with van der Waals surface area (Å²) in [4.78, 5) is 30.6. The van der Waals surface area contributed by atoms with Gasteiger partial charge in [-0.15, -0.1) is 0 Å². The number of carbonyl (C=O) groups is 2. The van der Waals surface area contributed by atoms with Crippen LogP contribution in [-0.2, 0) is 0 Å². The van der Waals surface area contributed by atoms with Crippen molar-refractivity contribution in [2.45, 2.75) is 38.8 Å². The molecule has 2 aromatic rings. The fraction of sp³-hybridized carbons (Fsp3) is 0.450. The molecule has 6 nitrogen and oxygen atoms in total. The fourth-order valence-electron chi connectivity index (χ4n) is 4.02. The topological polar surface area (TPSA) is 71.5 Å². The number of benzene rings is 1. The number of piperidine rings is 3. The third-order valence-corrected chi connectivity index (χ3v) is 6.36. The molecule has 1 amide bonds. The third kappa shape index (κ3) is 3.75. The Morgan fingerprint density at radius 3 is 2.52 bits per heavy atom. The van der Waals surface area contributed by atoms with Gasteiger partial charge in [-0.2, -0.15) is 4.98 Å². The number of amides is 1. The second-order valence-electron chi connectivity index (χ2n) is 7.29. The van der Waals surface area contributed by atoms with Crippen LogP contribution in [-0.4, -0.2) is 46.7 Å². The van der Waals surface area contributed by atoms with Gasteiger partial charge in [0.05, 0.1) is 0 Å². The Hall–Kier alpha value is -2.25. The van der Waals surface area contributed by atoms with Crippen LogP contribution in [0, 0.1) is 5.92 Å². The van der Waals surface area contributed by atoms with Crippen LogP contribution in [0.25, 0.3) is 0 Å². The Morgan fingerprint density at radius 2 is 1.93 bits per heavy atom. The van der Waals surface area contributed by atoms with E-state index in [2.05, 4.69) is 22.1 Å². The van der Waals surface area contributed by atoms with Gasteiger partial charge in [0, 0.05) is 30.0 Å². The van der Waals surface area contributed by atoms with Crippen LogP contribution < -0.4 is 10.1 Å². The lowest BCUT2D eigenvalue weighted by Crippen LogP contribution is -2.62. The average Bonchev–Trinajstić information content (AvgIpc) is 3.14. The van der Waals surface area contributed by atoms with Gasteiger partial charge in [0.1, 0.15) is 11.4 Å². The predicted octanol–water partition coefficient (Wildman–Crippen LogP) is 3.35. The number of rotatable bonds is 5. The maximum atomic E-state index is 12.7. The number of Topliss-reactive ketones (excluding diaryl/α,β-unsaturated/α-hetero) is 1. The molecule has 142 valence electrons. The number of aromatic nitrogens is 1. The monoisotopic (exact) mass is 385 g/mol. The van der Waals surface area contributed by atoms with Crippen LogP contribution in [0.3, 0.4) is 0 Å². The van der Waals surface area contributed by atoms with E-state index in [9.17, 15) is 9.59 Å². The minimum Gasteiger partial charge on any atom is -0.431 e. The van der Waals surface area contributed by atoms with Gasteiger partial charge in [-0.25, -0.2) is 0 Å². The zero-order valence-corrected chi connectivity index (χ0v) is 16.3. The van der Waals surface area contributed by atoms with E-state index in [1.807, 2.05) is 0 Å². The van der Waals surface area contributed by atoms with Crippen molar-refractivity contribution in [1.29, 1.82) is 0 Å². The maximum Gasteiger partial charge on any atom is 0.279 e. The smallest absolute Gasteiger partial charge is 0.279 e. The Balaban J connectivity index is 1.39. The number of fused-ring (bicyclic) bond motifs is 3. The van der Waals surface area contributed by atoms with E-state index < -0.39 is 0 Å². The molecule has 27 heavy (non-hydrogen) atoms. The van der Waals surface area contributed by atoms with Crippen LogP contribution in [0.5, 0.6) is 10.9 Å². The van der Waals surface area contributed by atoms with Crippen LogP contribution in [0.15, 0.2) is 29.6 Å². The lowest BCUT2D eigenvalue weighted by molar-refractivity contribution is 0.0217. The molecule has 0 spiro atoms. The SMILES string of the molecule is CC(=O)c1csc(Oc2ccc(C(=O)NC3C4CCN(CC4)C3C)cc2)n1. The van der Waals surface area contributed by atoms with Crippen LogP contribution in [0.1, 0.15) is 47.5 Å². The number of hydrogen-bond donors (Lipinski definition) is 1. The molecule has 3 aliphatic heterocycles. The van der Waals surface area contributed by atoms with Crippen molar-refractivity contribution in [2.24, 2.45) is 5.92 Å². The quantitative estimate of drug-likeness (QED) is 0.799. The summed E-state index contributed by atoms with van der Waals surface area (Å²) in [6.07, 6.45) is 2.33. The molecular weight excluding hydrogens is 362 g/mol. The Kier molecular flexibility index (Phi) is 4.97. The summed E-state index contributed by atoms with van der Waals surface area (Å²) in [7, 11) is 0.